The van der Waals surface area contributed by atoms with Crippen molar-refractivity contribution in [1.29, 1.82) is 0 Å². The molecule has 2 aliphatic heterocycles. The third kappa shape index (κ3) is 2.01. The highest BCUT2D eigenvalue weighted by Crippen LogP contribution is 2.35. The molecule has 80 valence electrons. The average molecular weight is 211 g/mol. The number of rotatable bonds is 2. The molecular weight excluding hydrogens is 190 g/mol. The first kappa shape index (κ1) is 10.6. The summed E-state index contributed by atoms with van der Waals surface area (Å²) in [5.74, 6) is 0. The molecule has 0 saturated carbocycles. The van der Waals surface area contributed by atoms with E-state index in [4.69, 9.17) is 0 Å². The maximum atomic E-state index is 2.66. The zero-order valence-electron chi connectivity index (χ0n) is 9.55. The van der Waals surface area contributed by atoms with E-state index in [0.29, 0.717) is 4.75 Å². The summed E-state index contributed by atoms with van der Waals surface area (Å²) in [7, 11) is 0. The SMILES string of the molecule is CSC(C)(C)/C=C1\CCN2CCCC12. The lowest BCUT2D eigenvalue weighted by molar-refractivity contribution is 0.338. The van der Waals surface area contributed by atoms with Gasteiger partial charge in [0.15, 0.2) is 0 Å². The molecule has 0 aromatic carbocycles. The largest absolute Gasteiger partial charge is 0.296 e. The van der Waals surface area contributed by atoms with E-state index >= 15 is 0 Å². The summed E-state index contributed by atoms with van der Waals surface area (Å²) in [4.78, 5) is 2.66. The molecule has 0 radical (unpaired) electrons. The van der Waals surface area contributed by atoms with Crippen LogP contribution in [0.15, 0.2) is 11.6 Å². The molecule has 0 amide bonds. The van der Waals surface area contributed by atoms with E-state index in [2.05, 4.69) is 31.1 Å². The molecule has 0 aliphatic carbocycles. The van der Waals surface area contributed by atoms with E-state index in [1.165, 1.54) is 32.4 Å². The van der Waals surface area contributed by atoms with Crippen molar-refractivity contribution in [2.45, 2.75) is 43.9 Å². The zero-order chi connectivity index (χ0) is 10.2. The summed E-state index contributed by atoms with van der Waals surface area (Å²) >= 11 is 1.95. The van der Waals surface area contributed by atoms with Crippen LogP contribution in [0.5, 0.6) is 0 Å². The number of fused-ring (bicyclic) bond motifs is 1. The topological polar surface area (TPSA) is 3.24 Å². The number of nitrogens with zero attached hydrogens (tertiary/aromatic N) is 1. The average Bonchev–Trinajstić information content (AvgIpc) is 2.70. The Balaban J connectivity index is 2.11. The lowest BCUT2D eigenvalue weighted by Crippen LogP contribution is -2.23. The smallest absolute Gasteiger partial charge is 0.0309 e. The van der Waals surface area contributed by atoms with Crippen LogP contribution in [0.25, 0.3) is 0 Å². The van der Waals surface area contributed by atoms with Crippen LogP contribution in [0, 0.1) is 0 Å². The van der Waals surface area contributed by atoms with Gasteiger partial charge in [-0.1, -0.05) is 11.6 Å². The standard InChI is InChI=1S/C12H21NS/c1-12(2,14-3)9-10-6-8-13-7-4-5-11(10)13/h9,11H,4-8H2,1-3H3/b10-9+. The van der Waals surface area contributed by atoms with Gasteiger partial charge in [0.25, 0.3) is 0 Å². The Morgan fingerprint density at radius 1 is 1.43 bits per heavy atom. The lowest BCUT2D eigenvalue weighted by atomic mass is 10.0. The van der Waals surface area contributed by atoms with E-state index < -0.39 is 0 Å². The molecule has 14 heavy (non-hydrogen) atoms. The molecule has 0 spiro atoms. The highest BCUT2D eigenvalue weighted by Gasteiger charge is 2.33. The normalized spacial score (nSPS) is 31.4. The molecule has 0 aromatic heterocycles. The first-order valence-corrected chi connectivity index (χ1v) is 6.86. The molecule has 2 aliphatic rings. The van der Waals surface area contributed by atoms with Gasteiger partial charge in [-0.05, 0) is 45.9 Å². The molecule has 0 bridgehead atoms. The number of hydrogen-bond acceptors (Lipinski definition) is 2. The molecular formula is C12H21NS. The van der Waals surface area contributed by atoms with Gasteiger partial charge in [0.05, 0.1) is 0 Å². The summed E-state index contributed by atoms with van der Waals surface area (Å²) in [6, 6.07) is 0.807. The predicted molar refractivity (Wildman–Crippen MR) is 64.9 cm³/mol. The molecule has 2 saturated heterocycles. The van der Waals surface area contributed by atoms with Gasteiger partial charge in [-0.3, -0.25) is 4.90 Å². The van der Waals surface area contributed by atoms with E-state index in [-0.39, 0.29) is 0 Å². The van der Waals surface area contributed by atoms with E-state index in [1.807, 2.05) is 11.8 Å². The van der Waals surface area contributed by atoms with Crippen LogP contribution in [0.1, 0.15) is 33.1 Å². The van der Waals surface area contributed by atoms with Crippen molar-refractivity contribution >= 4 is 11.8 Å². The van der Waals surface area contributed by atoms with Crippen molar-refractivity contribution in [3.05, 3.63) is 11.6 Å². The Labute approximate surface area is 91.9 Å². The van der Waals surface area contributed by atoms with Crippen LogP contribution in [0.4, 0.5) is 0 Å². The van der Waals surface area contributed by atoms with Gasteiger partial charge in [-0.2, -0.15) is 11.8 Å². The second kappa shape index (κ2) is 3.90. The summed E-state index contributed by atoms with van der Waals surface area (Å²) in [5, 5.41) is 0. The van der Waals surface area contributed by atoms with Gasteiger partial charge in [0.1, 0.15) is 0 Å². The second-order valence-electron chi connectivity index (χ2n) is 4.97. The Bertz CT molecular complexity index is 245. The predicted octanol–water partition coefficient (Wildman–Crippen LogP) is 2.92. The van der Waals surface area contributed by atoms with Gasteiger partial charge >= 0.3 is 0 Å². The third-order valence-electron chi connectivity index (χ3n) is 3.54. The fourth-order valence-electron chi connectivity index (χ4n) is 2.63. The van der Waals surface area contributed by atoms with Crippen LogP contribution >= 0.6 is 11.8 Å². The highest BCUT2D eigenvalue weighted by atomic mass is 32.2. The monoisotopic (exact) mass is 211 g/mol. The van der Waals surface area contributed by atoms with Crippen molar-refractivity contribution in [2.75, 3.05) is 19.3 Å². The summed E-state index contributed by atoms with van der Waals surface area (Å²) < 4.78 is 0.327. The molecule has 0 aromatic rings. The van der Waals surface area contributed by atoms with E-state index in [9.17, 15) is 0 Å². The van der Waals surface area contributed by atoms with Crippen molar-refractivity contribution in [3.63, 3.8) is 0 Å². The zero-order valence-corrected chi connectivity index (χ0v) is 10.4. The minimum absolute atomic E-state index is 0.327. The third-order valence-corrected chi connectivity index (χ3v) is 4.71. The Kier molecular flexibility index (Phi) is 2.94. The summed E-state index contributed by atoms with van der Waals surface area (Å²) in [6.45, 7) is 7.28. The van der Waals surface area contributed by atoms with Gasteiger partial charge in [0, 0.05) is 17.3 Å². The van der Waals surface area contributed by atoms with Gasteiger partial charge in [-0.15, -0.1) is 0 Å². The maximum absolute atomic E-state index is 2.66. The molecule has 1 unspecified atom stereocenters. The molecule has 2 rings (SSSR count). The van der Waals surface area contributed by atoms with Gasteiger partial charge in [-0.25, -0.2) is 0 Å². The molecule has 2 heteroatoms. The Morgan fingerprint density at radius 2 is 2.21 bits per heavy atom. The van der Waals surface area contributed by atoms with Gasteiger partial charge in [0.2, 0.25) is 0 Å². The van der Waals surface area contributed by atoms with E-state index in [1.54, 1.807) is 5.57 Å². The van der Waals surface area contributed by atoms with Crippen molar-refractivity contribution < 1.29 is 0 Å². The minimum atomic E-state index is 0.327. The summed E-state index contributed by atoms with van der Waals surface area (Å²) in [5.41, 5.74) is 1.71. The minimum Gasteiger partial charge on any atom is -0.296 e. The first-order chi connectivity index (χ1) is 6.62. The quantitative estimate of drug-likeness (QED) is 0.646. The van der Waals surface area contributed by atoms with Crippen LogP contribution in [-0.4, -0.2) is 35.0 Å². The first-order valence-electron chi connectivity index (χ1n) is 5.63. The van der Waals surface area contributed by atoms with Crippen molar-refractivity contribution in [1.82, 2.24) is 4.90 Å². The maximum Gasteiger partial charge on any atom is 0.0309 e. The lowest BCUT2D eigenvalue weighted by Gasteiger charge is -2.21. The van der Waals surface area contributed by atoms with Crippen LogP contribution in [-0.2, 0) is 0 Å². The number of thioether (sulfide) groups is 1. The fraction of sp³-hybridized carbons (Fsp3) is 0.833. The van der Waals surface area contributed by atoms with Crippen molar-refractivity contribution in [3.8, 4) is 0 Å². The van der Waals surface area contributed by atoms with E-state index in [0.717, 1.165) is 6.04 Å². The Morgan fingerprint density at radius 3 is 2.93 bits per heavy atom. The van der Waals surface area contributed by atoms with Crippen LogP contribution in [0.2, 0.25) is 0 Å². The second-order valence-corrected chi connectivity index (χ2v) is 6.43. The number of hydrogen-bond donors (Lipinski definition) is 0. The molecule has 2 fully saturated rings. The highest BCUT2D eigenvalue weighted by molar-refractivity contribution is 8.00. The Hall–Kier alpha value is 0.0500. The van der Waals surface area contributed by atoms with Crippen LogP contribution < -0.4 is 0 Å². The summed E-state index contributed by atoms with van der Waals surface area (Å²) in [6.07, 6.45) is 8.85. The molecule has 1 nitrogen and oxygen atoms in total. The van der Waals surface area contributed by atoms with Crippen molar-refractivity contribution in [2.24, 2.45) is 0 Å². The molecule has 2 heterocycles. The molecule has 1 atom stereocenters. The molecule has 0 N–H and O–H groups in total. The van der Waals surface area contributed by atoms with Crippen LogP contribution in [0.3, 0.4) is 0 Å². The fourth-order valence-corrected chi connectivity index (χ4v) is 2.90. The van der Waals surface area contributed by atoms with Gasteiger partial charge < -0.3 is 0 Å².